The number of anilines is 3. The van der Waals surface area contributed by atoms with Crippen LogP contribution in [0.25, 0.3) is 0 Å². The first kappa shape index (κ1) is 15.1. The Morgan fingerprint density at radius 1 is 1.30 bits per heavy atom. The van der Waals surface area contributed by atoms with Crippen molar-refractivity contribution in [3.8, 4) is 5.75 Å². The number of rotatable bonds is 3. The average Bonchev–Trinajstić information content (AvgIpc) is 2.60. The number of amides is 2. The van der Waals surface area contributed by atoms with Crippen molar-refractivity contribution in [2.75, 3.05) is 41.9 Å². The maximum atomic E-state index is 12.7. The summed E-state index contributed by atoms with van der Waals surface area (Å²) in [6.45, 7) is 4.36. The molecule has 6 nitrogen and oxygen atoms in total. The lowest BCUT2D eigenvalue weighted by atomic mass is 10.2. The molecule has 1 aliphatic rings. The maximum absolute atomic E-state index is 12.7. The van der Waals surface area contributed by atoms with Crippen LogP contribution in [0.3, 0.4) is 0 Å². The molecule has 6 heteroatoms. The predicted octanol–water partition coefficient (Wildman–Crippen LogP) is 2.97. The molecule has 0 radical (unpaired) electrons. The highest BCUT2D eigenvalue weighted by molar-refractivity contribution is 6.04. The summed E-state index contributed by atoms with van der Waals surface area (Å²) in [6, 6.07) is 10.9. The van der Waals surface area contributed by atoms with E-state index in [9.17, 15) is 4.79 Å². The number of urea groups is 1. The molecule has 1 aliphatic heterocycles. The van der Waals surface area contributed by atoms with Gasteiger partial charge in [0.1, 0.15) is 5.75 Å². The Morgan fingerprint density at radius 2 is 2.17 bits per heavy atom. The number of aromatic nitrogens is 1. The number of ether oxygens (including phenoxy) is 1. The Hall–Kier alpha value is -2.76. The molecule has 2 aromatic rings. The van der Waals surface area contributed by atoms with E-state index in [1.807, 2.05) is 30.3 Å². The minimum Gasteiger partial charge on any atom is -0.497 e. The van der Waals surface area contributed by atoms with Gasteiger partial charge in [-0.1, -0.05) is 6.07 Å². The minimum absolute atomic E-state index is 0.164. The number of carbonyl (C=O) groups is 1. The summed E-state index contributed by atoms with van der Waals surface area (Å²) < 4.78 is 5.19. The SMILES string of the molecule is CCN1CCN(C(=O)Nc2cccc(OC)c2)c2cccnc21. The van der Waals surface area contributed by atoms with Crippen molar-refractivity contribution in [2.24, 2.45) is 0 Å². The molecule has 0 saturated heterocycles. The number of carbonyl (C=O) groups excluding carboxylic acids is 1. The van der Waals surface area contributed by atoms with Crippen LogP contribution in [0.5, 0.6) is 5.75 Å². The van der Waals surface area contributed by atoms with Gasteiger partial charge in [-0.25, -0.2) is 9.78 Å². The predicted molar refractivity (Wildman–Crippen MR) is 91.5 cm³/mol. The minimum atomic E-state index is -0.164. The molecule has 0 aliphatic carbocycles. The Balaban J connectivity index is 1.82. The van der Waals surface area contributed by atoms with Crippen molar-refractivity contribution in [3.05, 3.63) is 42.6 Å². The van der Waals surface area contributed by atoms with Gasteiger partial charge >= 0.3 is 6.03 Å². The molecular formula is C17H20N4O2. The fraction of sp³-hybridized carbons (Fsp3) is 0.294. The number of hydrogen-bond donors (Lipinski definition) is 1. The molecular weight excluding hydrogens is 292 g/mol. The van der Waals surface area contributed by atoms with Crippen molar-refractivity contribution in [2.45, 2.75) is 6.92 Å². The van der Waals surface area contributed by atoms with Crippen LogP contribution >= 0.6 is 0 Å². The van der Waals surface area contributed by atoms with Crippen LogP contribution in [0.15, 0.2) is 42.6 Å². The second-order valence-electron chi connectivity index (χ2n) is 5.24. The number of fused-ring (bicyclic) bond motifs is 1. The maximum Gasteiger partial charge on any atom is 0.326 e. The normalized spacial score (nSPS) is 13.5. The van der Waals surface area contributed by atoms with Crippen LogP contribution in [0, 0.1) is 0 Å². The molecule has 0 fully saturated rings. The largest absolute Gasteiger partial charge is 0.497 e. The molecule has 2 amide bonds. The Morgan fingerprint density at radius 3 is 2.96 bits per heavy atom. The zero-order valence-electron chi connectivity index (χ0n) is 13.3. The zero-order valence-corrected chi connectivity index (χ0v) is 13.3. The topological polar surface area (TPSA) is 57.7 Å². The summed E-state index contributed by atoms with van der Waals surface area (Å²) in [5.41, 5.74) is 1.54. The number of nitrogens with one attached hydrogen (secondary N) is 1. The third-order valence-corrected chi connectivity index (χ3v) is 3.90. The van der Waals surface area contributed by atoms with E-state index in [1.165, 1.54) is 0 Å². The summed E-state index contributed by atoms with van der Waals surface area (Å²) in [4.78, 5) is 21.0. The molecule has 1 N–H and O–H groups in total. The quantitative estimate of drug-likeness (QED) is 0.946. The van der Waals surface area contributed by atoms with E-state index < -0.39 is 0 Å². The van der Waals surface area contributed by atoms with Crippen molar-refractivity contribution in [1.82, 2.24) is 4.98 Å². The highest BCUT2D eigenvalue weighted by Crippen LogP contribution is 2.31. The summed E-state index contributed by atoms with van der Waals surface area (Å²) in [5.74, 6) is 1.56. The molecule has 120 valence electrons. The van der Waals surface area contributed by atoms with Crippen molar-refractivity contribution in [1.29, 1.82) is 0 Å². The van der Waals surface area contributed by atoms with Gasteiger partial charge in [0, 0.05) is 37.6 Å². The lowest BCUT2D eigenvalue weighted by molar-refractivity contribution is 0.256. The third-order valence-electron chi connectivity index (χ3n) is 3.90. The lowest BCUT2D eigenvalue weighted by Crippen LogP contribution is -2.46. The average molecular weight is 312 g/mol. The van der Waals surface area contributed by atoms with E-state index in [4.69, 9.17) is 4.74 Å². The molecule has 3 rings (SSSR count). The van der Waals surface area contributed by atoms with Gasteiger partial charge in [0.25, 0.3) is 0 Å². The molecule has 0 atom stereocenters. The Labute approximate surface area is 135 Å². The molecule has 23 heavy (non-hydrogen) atoms. The smallest absolute Gasteiger partial charge is 0.326 e. The number of benzene rings is 1. The first-order valence-electron chi connectivity index (χ1n) is 7.65. The molecule has 0 saturated carbocycles. The summed E-state index contributed by atoms with van der Waals surface area (Å²) in [6.07, 6.45) is 1.75. The van der Waals surface area contributed by atoms with Gasteiger partial charge in [0.15, 0.2) is 5.82 Å². The van der Waals surface area contributed by atoms with E-state index in [1.54, 1.807) is 24.3 Å². The van der Waals surface area contributed by atoms with Crippen molar-refractivity contribution >= 4 is 23.2 Å². The van der Waals surface area contributed by atoms with Crippen molar-refractivity contribution < 1.29 is 9.53 Å². The van der Waals surface area contributed by atoms with E-state index in [0.29, 0.717) is 18.0 Å². The second kappa shape index (κ2) is 6.56. The van der Waals surface area contributed by atoms with Gasteiger partial charge in [0.2, 0.25) is 0 Å². The first-order valence-corrected chi connectivity index (χ1v) is 7.65. The first-order chi connectivity index (χ1) is 11.2. The summed E-state index contributed by atoms with van der Waals surface area (Å²) in [5, 5.41) is 2.92. The summed E-state index contributed by atoms with van der Waals surface area (Å²) >= 11 is 0. The number of hydrogen-bond acceptors (Lipinski definition) is 4. The highest BCUT2D eigenvalue weighted by atomic mass is 16.5. The summed E-state index contributed by atoms with van der Waals surface area (Å²) in [7, 11) is 1.60. The standard InChI is InChI=1S/C17H20N4O2/c1-3-20-10-11-21(15-8-5-9-18-16(15)20)17(22)19-13-6-4-7-14(12-13)23-2/h4-9,12H,3,10-11H2,1-2H3,(H,19,22). The molecule has 1 aromatic carbocycles. The fourth-order valence-corrected chi connectivity index (χ4v) is 2.70. The van der Waals surface area contributed by atoms with Gasteiger partial charge in [-0.2, -0.15) is 0 Å². The van der Waals surface area contributed by atoms with Crippen LogP contribution in [-0.4, -0.2) is 37.8 Å². The molecule has 0 spiro atoms. The van der Waals surface area contributed by atoms with Crippen molar-refractivity contribution in [3.63, 3.8) is 0 Å². The molecule has 2 heterocycles. The van der Waals surface area contributed by atoms with Gasteiger partial charge in [-0.15, -0.1) is 0 Å². The monoisotopic (exact) mass is 312 g/mol. The molecule has 0 unspecified atom stereocenters. The molecule has 1 aromatic heterocycles. The van der Waals surface area contributed by atoms with Crippen LogP contribution in [0.2, 0.25) is 0 Å². The van der Waals surface area contributed by atoms with E-state index >= 15 is 0 Å². The fourth-order valence-electron chi connectivity index (χ4n) is 2.70. The van der Waals surface area contributed by atoms with Crippen LogP contribution in [0.1, 0.15) is 6.92 Å². The van der Waals surface area contributed by atoms with Crippen LogP contribution < -0.4 is 19.9 Å². The zero-order chi connectivity index (χ0) is 16.2. The van der Waals surface area contributed by atoms with E-state index in [-0.39, 0.29) is 6.03 Å². The Kier molecular flexibility index (Phi) is 4.32. The van der Waals surface area contributed by atoms with Gasteiger partial charge in [-0.3, -0.25) is 4.90 Å². The number of methoxy groups -OCH3 is 1. The third kappa shape index (κ3) is 3.06. The number of nitrogens with zero attached hydrogens (tertiary/aromatic N) is 3. The number of likely N-dealkylation sites (N-methyl/N-ethyl adjacent to an activating group) is 1. The van der Waals surface area contributed by atoms with Gasteiger partial charge in [0.05, 0.1) is 12.8 Å². The van der Waals surface area contributed by atoms with E-state index in [2.05, 4.69) is 22.1 Å². The van der Waals surface area contributed by atoms with Gasteiger partial charge < -0.3 is 15.0 Å². The van der Waals surface area contributed by atoms with E-state index in [0.717, 1.165) is 24.6 Å². The second-order valence-corrected chi connectivity index (χ2v) is 5.24. The van der Waals surface area contributed by atoms with Crippen LogP contribution in [0.4, 0.5) is 22.0 Å². The molecule has 0 bridgehead atoms. The lowest BCUT2D eigenvalue weighted by Gasteiger charge is -2.35. The number of pyridine rings is 1. The Bertz CT molecular complexity index is 704. The highest BCUT2D eigenvalue weighted by Gasteiger charge is 2.26. The van der Waals surface area contributed by atoms with Crippen LogP contribution in [-0.2, 0) is 0 Å². The van der Waals surface area contributed by atoms with Gasteiger partial charge in [-0.05, 0) is 31.2 Å².